The molecule has 3 aromatic rings. The fourth-order valence-electron chi connectivity index (χ4n) is 5.14. The zero-order chi connectivity index (χ0) is 34.8. The van der Waals surface area contributed by atoms with E-state index in [1.807, 2.05) is 0 Å². The Hall–Kier alpha value is -1.97. The van der Waals surface area contributed by atoms with Gasteiger partial charge in [0.05, 0.1) is 0 Å². The van der Waals surface area contributed by atoms with Crippen LogP contribution in [0.3, 0.4) is 0 Å². The molecule has 0 heterocycles. The van der Waals surface area contributed by atoms with E-state index >= 15 is 0 Å². The summed E-state index contributed by atoms with van der Waals surface area (Å²) in [5.41, 5.74) is 4.00. The van der Waals surface area contributed by atoms with Crippen LogP contribution in [0.25, 0.3) is 0 Å². The molecule has 6 nitrogen and oxygen atoms in total. The van der Waals surface area contributed by atoms with Gasteiger partial charge in [0.25, 0.3) is 0 Å². The molecule has 0 radical (unpaired) electrons. The molecule has 0 aliphatic carbocycles. The van der Waals surface area contributed by atoms with E-state index in [4.69, 9.17) is 28.0 Å². The second-order valence-corrected chi connectivity index (χ2v) is 34.7. The van der Waals surface area contributed by atoms with Gasteiger partial charge in [-0.05, 0) is 0 Å². The molecule has 0 bridgehead atoms. The molecular weight excluding hydrogens is 894 g/mol. The van der Waals surface area contributed by atoms with E-state index in [0.29, 0.717) is 6.61 Å². The number of rotatable bonds is 9. The van der Waals surface area contributed by atoms with Crippen molar-refractivity contribution in [3.8, 4) is 0 Å². The van der Waals surface area contributed by atoms with Crippen LogP contribution in [-0.4, -0.2) is 51.5 Å². The first-order chi connectivity index (χ1) is 21.1. The van der Waals surface area contributed by atoms with E-state index in [0.717, 1.165) is 8.68 Å². The second kappa shape index (κ2) is 28.3. The van der Waals surface area contributed by atoms with Crippen LogP contribution in [0.5, 0.6) is 0 Å². The molecule has 0 unspecified atom stereocenters. The Morgan fingerprint density at radius 3 is 1.11 bits per heavy atom. The minimum Gasteiger partial charge on any atom is 0 e. The Labute approximate surface area is 291 Å². The molecule has 0 aliphatic rings. The third-order valence-electron chi connectivity index (χ3n) is 6.19. The van der Waals surface area contributed by atoms with E-state index in [-0.39, 0.29) is 21.1 Å². The zero-order valence-corrected chi connectivity index (χ0v) is 35.4. The summed E-state index contributed by atoms with van der Waals surface area (Å²) >= 11 is -3.72. The van der Waals surface area contributed by atoms with Crippen LogP contribution < -0.4 is 10.7 Å². The maximum atomic E-state index is 7.50. The maximum Gasteiger partial charge on any atom is 0 e. The molecule has 0 amide bonds. The van der Waals surface area contributed by atoms with Crippen molar-refractivity contribution in [2.24, 2.45) is 0 Å². The van der Waals surface area contributed by atoms with Gasteiger partial charge in [0.2, 0.25) is 0 Å². The van der Waals surface area contributed by atoms with Crippen molar-refractivity contribution < 1.29 is 49.1 Å². The SMILES string of the molecule is CCO[C](=C=PC([Si](C)(C)C)[Si](C)(C)C)[Sn]([c]1ccccc1)([c]1ccccc1)[c]1ccccc1.[C-]#[O+].[C-]#[O+].[C-]#[O+].[C-]#[O+].[C-]#[O+].[W]. The summed E-state index contributed by atoms with van der Waals surface area (Å²) in [7, 11) is -1.41. The van der Waals surface area contributed by atoms with Crippen LogP contribution in [0.4, 0.5) is 0 Å². The van der Waals surface area contributed by atoms with Crippen LogP contribution in [0, 0.1) is 33.3 Å². The predicted molar refractivity (Wildman–Crippen MR) is 181 cm³/mol. The third-order valence-corrected chi connectivity index (χ3v) is 34.3. The minimum absolute atomic E-state index is 0. The van der Waals surface area contributed by atoms with Crippen LogP contribution in [0.2, 0.25) is 39.3 Å². The van der Waals surface area contributed by atoms with Gasteiger partial charge in [0.15, 0.2) is 0 Å². The summed E-state index contributed by atoms with van der Waals surface area (Å²) in [6, 6.07) is 33.4. The average molecular weight is 933 g/mol. The van der Waals surface area contributed by atoms with E-state index in [9.17, 15) is 0 Å². The molecule has 0 spiro atoms. The molecule has 234 valence electrons. The molecule has 0 aromatic heterocycles. The third kappa shape index (κ3) is 15.4. The van der Waals surface area contributed by atoms with Gasteiger partial charge in [-0.3, -0.25) is 0 Å². The molecule has 0 atom stereocenters. The van der Waals surface area contributed by atoms with Crippen LogP contribution in [-0.2, 0) is 49.1 Å². The summed E-state index contributed by atoms with van der Waals surface area (Å²) in [5, 5.41) is 0. The van der Waals surface area contributed by atoms with Crippen LogP contribution >= 0.6 is 8.20 Å². The smallest absolute Gasteiger partial charge is 0 e. The van der Waals surface area contributed by atoms with Crippen molar-refractivity contribution in [3.05, 3.63) is 128 Å². The van der Waals surface area contributed by atoms with E-state index in [1.165, 1.54) is 18.9 Å². The van der Waals surface area contributed by atoms with Crippen molar-refractivity contribution in [3.63, 3.8) is 0 Å². The molecule has 0 aliphatic heterocycles. The summed E-state index contributed by atoms with van der Waals surface area (Å²) in [5.74, 6) is 0. The maximum absolute atomic E-state index is 7.50. The first-order valence-electron chi connectivity index (χ1n) is 13.3. The van der Waals surface area contributed by atoms with Gasteiger partial charge in [-0.2, -0.15) is 0 Å². The fraction of sp³-hybridized carbons (Fsp3) is 0.265. The molecule has 45 heavy (non-hydrogen) atoms. The first kappa shape index (κ1) is 49.9. The number of benzene rings is 3. The Morgan fingerprint density at radius 1 is 0.622 bits per heavy atom. The van der Waals surface area contributed by atoms with Gasteiger partial charge >= 0.3 is 273 Å². The van der Waals surface area contributed by atoms with Crippen LogP contribution in [0.15, 0.2) is 94.8 Å². The largest absolute Gasteiger partial charge is 0 e. The van der Waals surface area contributed by atoms with E-state index < -0.39 is 34.5 Å². The number of hydrogen-bond acceptors (Lipinski definition) is 1. The Kier molecular flexibility index (Phi) is 31.3. The van der Waals surface area contributed by atoms with Gasteiger partial charge in [0, 0.05) is 21.1 Å². The van der Waals surface area contributed by atoms with Gasteiger partial charge < -0.3 is 0 Å². The normalized spacial score (nSPS) is 9.64. The van der Waals surface area contributed by atoms with Gasteiger partial charge in [-0.25, -0.2) is 0 Å². The second-order valence-electron chi connectivity index (χ2n) is 11.0. The summed E-state index contributed by atoms with van der Waals surface area (Å²) in [6.07, 6.45) is 0. The monoisotopic (exact) mass is 934 g/mol. The van der Waals surface area contributed by atoms with Crippen molar-refractivity contribution in [2.75, 3.05) is 6.61 Å². The molecule has 3 rings (SSSR count). The van der Waals surface area contributed by atoms with Crippen molar-refractivity contribution in [1.82, 2.24) is 0 Å². The van der Waals surface area contributed by atoms with Gasteiger partial charge in [-0.1, -0.05) is 0 Å². The molecule has 0 fully saturated rings. The van der Waals surface area contributed by atoms with E-state index in [1.54, 1.807) is 0 Å². The topological polar surface area (TPSA) is 109 Å². The first-order valence-corrected chi connectivity index (χ1v) is 27.1. The van der Waals surface area contributed by atoms with Gasteiger partial charge in [-0.15, -0.1) is 0 Å². The Bertz CT molecular complexity index is 1210. The molecule has 0 N–H and O–H groups in total. The Morgan fingerprint density at radius 2 is 0.889 bits per heavy atom. The number of hydrogen-bond donors (Lipinski definition) is 0. The van der Waals surface area contributed by atoms with Crippen molar-refractivity contribution >= 4 is 58.9 Å². The summed E-state index contributed by atoms with van der Waals surface area (Å²) in [6.45, 7) is 40.4. The fourth-order valence-corrected chi connectivity index (χ4v) is 33.5. The number of ether oxygens (including phenoxy) is 1. The zero-order valence-electron chi connectivity index (χ0n) is 26.7. The molecule has 3 aromatic carbocycles. The average Bonchev–Trinajstić information content (AvgIpc) is 3.06. The molecule has 11 heteroatoms. The standard InChI is InChI=1S/C11H24OPSi2.3C6H5.5CO.Sn.W/c1-8-12-9-10-13-11(14(2,3)4)15(5,6)7;3*1-2-4-6-5-3-1;5*1-2;;/h11H,8H2,1-7H3;3*1-5H;;;;;;;. The van der Waals surface area contributed by atoms with Crippen molar-refractivity contribution in [2.45, 2.75) is 51.1 Å². The summed E-state index contributed by atoms with van der Waals surface area (Å²) < 4.78 is 49.5. The Balaban J connectivity index is -0.000000695. The quantitative estimate of drug-likeness (QED) is 0.0862. The predicted octanol–water partition coefficient (Wildman–Crippen LogP) is 5.90. The summed E-state index contributed by atoms with van der Waals surface area (Å²) in [4.78, 5) is 0.724. The minimum atomic E-state index is -3.72. The van der Waals surface area contributed by atoms with Crippen molar-refractivity contribution in [1.29, 1.82) is 0 Å². The van der Waals surface area contributed by atoms with E-state index in [2.05, 4.69) is 176 Å². The van der Waals surface area contributed by atoms with Crippen LogP contribution in [0.1, 0.15) is 6.92 Å². The molecule has 0 saturated carbocycles. The molecular formula is C34H39O6PSi2SnW. The molecule has 0 saturated heterocycles. The van der Waals surface area contributed by atoms with Gasteiger partial charge in [0.1, 0.15) is 0 Å².